The highest BCUT2D eigenvalue weighted by Gasteiger charge is 1.96. The molecule has 0 radical (unpaired) electrons. The second-order valence-electron chi connectivity index (χ2n) is 4.26. The predicted octanol–water partition coefficient (Wildman–Crippen LogP) is 3.03. The molecule has 0 aliphatic rings. The Bertz CT molecular complexity index is 450. The number of ether oxygens (including phenoxy) is 1. The van der Waals surface area contributed by atoms with Crippen LogP contribution >= 0.6 is 0 Å². The lowest BCUT2D eigenvalue weighted by atomic mass is 10.2. The van der Waals surface area contributed by atoms with Crippen LogP contribution in [0.4, 0.5) is 0 Å². The third-order valence-electron chi connectivity index (χ3n) is 2.81. The van der Waals surface area contributed by atoms with Crippen LogP contribution in [0.5, 0.6) is 5.75 Å². The molecule has 0 saturated heterocycles. The van der Waals surface area contributed by atoms with Gasteiger partial charge in [0.05, 0.1) is 6.61 Å². The van der Waals surface area contributed by atoms with E-state index < -0.39 is 0 Å². The minimum absolute atomic E-state index is 0.718. The Morgan fingerprint density at radius 3 is 2.28 bits per heavy atom. The van der Waals surface area contributed by atoms with Gasteiger partial charge < -0.3 is 10.1 Å². The lowest BCUT2D eigenvalue weighted by Crippen LogP contribution is -2.05. The first-order valence-electron chi connectivity index (χ1n) is 6.29. The van der Waals surface area contributed by atoms with E-state index in [0.29, 0.717) is 0 Å². The number of benzene rings is 2. The van der Waals surface area contributed by atoms with Gasteiger partial charge in [-0.05, 0) is 30.3 Å². The van der Waals surface area contributed by atoms with Gasteiger partial charge in [-0.3, -0.25) is 0 Å². The maximum atomic E-state index is 5.72. The summed E-state index contributed by atoms with van der Waals surface area (Å²) < 4.78 is 5.72. The highest BCUT2D eigenvalue weighted by Crippen LogP contribution is 2.12. The molecule has 18 heavy (non-hydrogen) atoms. The first-order valence-corrected chi connectivity index (χ1v) is 6.29. The van der Waals surface area contributed by atoms with Gasteiger partial charge in [0.1, 0.15) is 5.75 Å². The summed E-state index contributed by atoms with van der Waals surface area (Å²) >= 11 is 0. The normalized spacial score (nSPS) is 10.3. The summed E-state index contributed by atoms with van der Waals surface area (Å²) in [7, 11) is 1.95. The van der Waals surface area contributed by atoms with E-state index in [0.717, 1.165) is 25.3 Å². The molecule has 0 aliphatic heterocycles. The third kappa shape index (κ3) is 3.90. The predicted molar refractivity (Wildman–Crippen MR) is 74.8 cm³/mol. The Kier molecular flexibility index (Phi) is 4.79. The number of rotatable bonds is 6. The van der Waals surface area contributed by atoms with Crippen LogP contribution in [-0.2, 0) is 13.0 Å². The molecular weight excluding hydrogens is 222 g/mol. The van der Waals surface area contributed by atoms with E-state index in [1.807, 2.05) is 25.2 Å². The summed E-state index contributed by atoms with van der Waals surface area (Å²) in [6.45, 7) is 1.61. The average Bonchev–Trinajstić information content (AvgIpc) is 2.42. The minimum atomic E-state index is 0.718. The van der Waals surface area contributed by atoms with Crippen LogP contribution in [0.2, 0.25) is 0 Å². The number of hydrogen-bond donors (Lipinski definition) is 1. The quantitative estimate of drug-likeness (QED) is 0.839. The standard InChI is InChI=1S/C16H19NO/c1-17-13-15-7-9-16(10-8-15)18-12-11-14-5-3-2-4-6-14/h2-10,17H,11-13H2,1H3. The molecule has 0 amide bonds. The van der Waals surface area contributed by atoms with Gasteiger partial charge in [0, 0.05) is 13.0 Å². The van der Waals surface area contributed by atoms with E-state index in [9.17, 15) is 0 Å². The van der Waals surface area contributed by atoms with Crippen LogP contribution in [0.25, 0.3) is 0 Å². The van der Waals surface area contributed by atoms with Gasteiger partial charge in [-0.2, -0.15) is 0 Å². The highest BCUT2D eigenvalue weighted by molar-refractivity contribution is 5.27. The molecular formula is C16H19NO. The van der Waals surface area contributed by atoms with Crippen LogP contribution < -0.4 is 10.1 Å². The van der Waals surface area contributed by atoms with E-state index >= 15 is 0 Å². The molecule has 0 bridgehead atoms. The van der Waals surface area contributed by atoms with Crippen molar-refractivity contribution >= 4 is 0 Å². The fraction of sp³-hybridized carbons (Fsp3) is 0.250. The lowest BCUT2D eigenvalue weighted by Gasteiger charge is -2.07. The maximum absolute atomic E-state index is 5.72. The molecule has 0 aromatic heterocycles. The van der Waals surface area contributed by atoms with E-state index in [2.05, 4.69) is 41.7 Å². The van der Waals surface area contributed by atoms with Crippen LogP contribution in [0.3, 0.4) is 0 Å². The minimum Gasteiger partial charge on any atom is -0.493 e. The van der Waals surface area contributed by atoms with E-state index in [4.69, 9.17) is 4.74 Å². The van der Waals surface area contributed by atoms with E-state index in [1.165, 1.54) is 11.1 Å². The zero-order valence-electron chi connectivity index (χ0n) is 10.7. The SMILES string of the molecule is CNCc1ccc(OCCc2ccccc2)cc1. The molecule has 0 fully saturated rings. The molecule has 2 heteroatoms. The molecule has 0 unspecified atom stereocenters. The van der Waals surface area contributed by atoms with Gasteiger partial charge in [0.25, 0.3) is 0 Å². The van der Waals surface area contributed by atoms with Gasteiger partial charge in [-0.15, -0.1) is 0 Å². The van der Waals surface area contributed by atoms with E-state index in [-0.39, 0.29) is 0 Å². The summed E-state index contributed by atoms with van der Waals surface area (Å²) in [4.78, 5) is 0. The van der Waals surface area contributed by atoms with Crippen molar-refractivity contribution in [3.63, 3.8) is 0 Å². The maximum Gasteiger partial charge on any atom is 0.119 e. The second kappa shape index (κ2) is 6.82. The fourth-order valence-electron chi connectivity index (χ4n) is 1.84. The molecule has 0 heterocycles. The van der Waals surface area contributed by atoms with Crippen molar-refractivity contribution in [3.8, 4) is 5.75 Å². The van der Waals surface area contributed by atoms with Crippen LogP contribution in [0.1, 0.15) is 11.1 Å². The summed E-state index contributed by atoms with van der Waals surface area (Å²) in [6, 6.07) is 18.6. The zero-order chi connectivity index (χ0) is 12.6. The largest absolute Gasteiger partial charge is 0.493 e. The van der Waals surface area contributed by atoms with E-state index in [1.54, 1.807) is 0 Å². The Morgan fingerprint density at radius 2 is 1.61 bits per heavy atom. The number of hydrogen-bond acceptors (Lipinski definition) is 2. The monoisotopic (exact) mass is 241 g/mol. The Balaban J connectivity index is 1.80. The van der Waals surface area contributed by atoms with Gasteiger partial charge in [-0.1, -0.05) is 42.5 Å². The summed E-state index contributed by atoms with van der Waals surface area (Å²) in [6.07, 6.45) is 0.944. The van der Waals surface area contributed by atoms with Crippen molar-refractivity contribution < 1.29 is 4.74 Å². The third-order valence-corrected chi connectivity index (χ3v) is 2.81. The molecule has 0 atom stereocenters. The van der Waals surface area contributed by atoms with Crippen molar-refractivity contribution in [2.24, 2.45) is 0 Å². The van der Waals surface area contributed by atoms with Crippen molar-refractivity contribution in [3.05, 3.63) is 65.7 Å². The van der Waals surface area contributed by atoms with Gasteiger partial charge in [-0.25, -0.2) is 0 Å². The topological polar surface area (TPSA) is 21.3 Å². The smallest absolute Gasteiger partial charge is 0.119 e. The molecule has 2 aromatic rings. The fourth-order valence-corrected chi connectivity index (χ4v) is 1.84. The molecule has 2 aromatic carbocycles. The van der Waals surface area contributed by atoms with Crippen LogP contribution in [-0.4, -0.2) is 13.7 Å². The van der Waals surface area contributed by atoms with Gasteiger partial charge in [0.2, 0.25) is 0 Å². The molecule has 0 saturated carbocycles. The van der Waals surface area contributed by atoms with Crippen LogP contribution in [0, 0.1) is 0 Å². The molecule has 1 N–H and O–H groups in total. The first kappa shape index (κ1) is 12.7. The molecule has 94 valence electrons. The van der Waals surface area contributed by atoms with Gasteiger partial charge in [0.15, 0.2) is 0 Å². The zero-order valence-corrected chi connectivity index (χ0v) is 10.7. The Hall–Kier alpha value is -1.80. The number of nitrogens with one attached hydrogen (secondary N) is 1. The Labute approximate surface area is 109 Å². The highest BCUT2D eigenvalue weighted by atomic mass is 16.5. The second-order valence-corrected chi connectivity index (χ2v) is 4.26. The lowest BCUT2D eigenvalue weighted by molar-refractivity contribution is 0.322. The average molecular weight is 241 g/mol. The molecule has 2 nitrogen and oxygen atoms in total. The first-order chi connectivity index (χ1) is 8.88. The van der Waals surface area contributed by atoms with Crippen molar-refractivity contribution in [2.45, 2.75) is 13.0 Å². The molecule has 2 rings (SSSR count). The van der Waals surface area contributed by atoms with Crippen molar-refractivity contribution in [1.29, 1.82) is 0 Å². The van der Waals surface area contributed by atoms with Gasteiger partial charge >= 0.3 is 0 Å². The summed E-state index contributed by atoms with van der Waals surface area (Å²) in [5.41, 5.74) is 2.58. The summed E-state index contributed by atoms with van der Waals surface area (Å²) in [5.74, 6) is 0.936. The summed E-state index contributed by atoms with van der Waals surface area (Å²) in [5, 5.41) is 3.13. The Morgan fingerprint density at radius 1 is 0.889 bits per heavy atom. The molecule has 0 spiro atoms. The van der Waals surface area contributed by atoms with Crippen molar-refractivity contribution in [2.75, 3.05) is 13.7 Å². The van der Waals surface area contributed by atoms with Crippen LogP contribution in [0.15, 0.2) is 54.6 Å². The van der Waals surface area contributed by atoms with Crippen molar-refractivity contribution in [1.82, 2.24) is 5.32 Å². The molecule has 0 aliphatic carbocycles.